The highest BCUT2D eigenvalue weighted by Crippen LogP contribution is 2.27. The van der Waals surface area contributed by atoms with Crippen LogP contribution in [0.4, 0.5) is 5.82 Å². The topological polar surface area (TPSA) is 36.4 Å². The summed E-state index contributed by atoms with van der Waals surface area (Å²) in [6, 6.07) is 3.91. The average molecular weight is 241 g/mol. The normalized spacial score (nSPS) is 22.4. The Hall–Kier alpha value is -0.800. The Balaban J connectivity index is 2.14. The molecule has 1 fully saturated rings. The van der Waals surface area contributed by atoms with Crippen LogP contribution in [-0.4, -0.2) is 29.3 Å². The van der Waals surface area contributed by atoms with Crippen molar-refractivity contribution in [3.05, 3.63) is 23.9 Å². The molecule has 2 unspecified atom stereocenters. The van der Waals surface area contributed by atoms with Crippen LogP contribution in [0.25, 0.3) is 0 Å². The molecule has 2 heterocycles. The summed E-state index contributed by atoms with van der Waals surface area (Å²) in [5.74, 6) is 1.81. The lowest BCUT2D eigenvalue weighted by molar-refractivity contribution is 0.136. The molecule has 1 aliphatic heterocycles. The zero-order chi connectivity index (χ0) is 11.5. The number of anilines is 1. The maximum Gasteiger partial charge on any atom is 0.132 e. The van der Waals surface area contributed by atoms with E-state index in [1.165, 1.54) is 0 Å². The third kappa shape index (κ3) is 2.30. The van der Waals surface area contributed by atoms with E-state index in [0.717, 1.165) is 30.9 Å². The second-order valence-corrected chi connectivity index (χ2v) is 4.62. The van der Waals surface area contributed by atoms with Crippen LogP contribution in [0.5, 0.6) is 0 Å². The third-order valence-corrected chi connectivity index (χ3v) is 3.51. The van der Waals surface area contributed by atoms with Crippen molar-refractivity contribution in [3.8, 4) is 0 Å². The maximum absolute atomic E-state index is 9.57. The van der Waals surface area contributed by atoms with Crippen molar-refractivity contribution in [3.63, 3.8) is 0 Å². The van der Waals surface area contributed by atoms with E-state index in [9.17, 15) is 5.11 Å². The molecule has 1 saturated heterocycles. The third-order valence-electron chi connectivity index (χ3n) is 3.22. The van der Waals surface area contributed by atoms with Gasteiger partial charge in [-0.2, -0.15) is 0 Å². The quantitative estimate of drug-likeness (QED) is 0.822. The second-order valence-electron chi connectivity index (χ2n) is 4.36. The van der Waals surface area contributed by atoms with Gasteiger partial charge in [-0.15, -0.1) is 11.6 Å². The molecule has 1 N–H and O–H groups in total. The Morgan fingerprint density at radius 3 is 3.12 bits per heavy atom. The summed E-state index contributed by atoms with van der Waals surface area (Å²) >= 11 is 5.89. The van der Waals surface area contributed by atoms with Crippen molar-refractivity contribution in [2.45, 2.75) is 25.3 Å². The number of pyridine rings is 1. The van der Waals surface area contributed by atoms with Gasteiger partial charge in [0.1, 0.15) is 5.82 Å². The molecule has 0 aromatic carbocycles. The first-order valence-electron chi connectivity index (χ1n) is 5.65. The molecule has 0 bridgehead atoms. The average Bonchev–Trinajstić information content (AvgIpc) is 2.78. The number of alkyl halides is 1. The molecular formula is C12H17ClN2O. The highest BCUT2D eigenvalue weighted by atomic mass is 35.5. The molecule has 88 valence electrons. The van der Waals surface area contributed by atoms with Gasteiger partial charge in [-0.05, 0) is 19.4 Å². The smallest absolute Gasteiger partial charge is 0.132 e. The molecule has 1 aromatic rings. The fourth-order valence-corrected chi connectivity index (χ4v) is 2.40. The predicted molar refractivity (Wildman–Crippen MR) is 65.8 cm³/mol. The van der Waals surface area contributed by atoms with E-state index in [1.54, 1.807) is 6.20 Å². The van der Waals surface area contributed by atoms with E-state index in [2.05, 4.69) is 9.88 Å². The van der Waals surface area contributed by atoms with Gasteiger partial charge in [-0.1, -0.05) is 6.07 Å². The molecule has 2 rings (SSSR count). The Bertz CT molecular complexity index is 357. The molecule has 0 aliphatic carbocycles. The standard InChI is InChI=1S/C12H17ClN2O/c1-9(16)11-4-6-15(8-11)12-10(7-13)3-2-5-14-12/h2-3,5,9,11,16H,4,6-8H2,1H3. The van der Waals surface area contributed by atoms with Crippen LogP contribution < -0.4 is 4.90 Å². The van der Waals surface area contributed by atoms with Gasteiger partial charge >= 0.3 is 0 Å². The molecule has 0 spiro atoms. The molecule has 0 radical (unpaired) electrons. The lowest BCUT2D eigenvalue weighted by Gasteiger charge is -2.20. The SMILES string of the molecule is CC(O)C1CCN(c2ncccc2CCl)C1. The van der Waals surface area contributed by atoms with E-state index in [-0.39, 0.29) is 6.10 Å². The zero-order valence-corrected chi connectivity index (χ0v) is 10.2. The Kier molecular flexibility index (Phi) is 3.66. The van der Waals surface area contributed by atoms with Crippen LogP contribution >= 0.6 is 11.6 Å². The first kappa shape index (κ1) is 11.7. The monoisotopic (exact) mass is 240 g/mol. The molecular weight excluding hydrogens is 224 g/mol. The summed E-state index contributed by atoms with van der Waals surface area (Å²) in [6.07, 6.45) is 2.57. The number of halogens is 1. The maximum atomic E-state index is 9.57. The molecule has 0 amide bonds. The summed E-state index contributed by atoms with van der Waals surface area (Å²) in [5.41, 5.74) is 1.07. The predicted octanol–water partition coefficient (Wildman–Crippen LogP) is 2.03. The molecule has 0 saturated carbocycles. The second kappa shape index (κ2) is 5.02. The van der Waals surface area contributed by atoms with Gasteiger partial charge in [-0.25, -0.2) is 4.98 Å². The Morgan fingerprint density at radius 1 is 1.69 bits per heavy atom. The van der Waals surface area contributed by atoms with Gasteiger partial charge in [0.25, 0.3) is 0 Å². The summed E-state index contributed by atoms with van der Waals surface area (Å²) in [4.78, 5) is 6.60. The van der Waals surface area contributed by atoms with Crippen LogP contribution in [0.1, 0.15) is 18.9 Å². The zero-order valence-electron chi connectivity index (χ0n) is 9.43. The van der Waals surface area contributed by atoms with Crippen LogP contribution in [0.3, 0.4) is 0 Å². The first-order chi connectivity index (χ1) is 7.72. The molecule has 2 atom stereocenters. The van der Waals surface area contributed by atoms with Crippen LogP contribution in [0, 0.1) is 5.92 Å². The minimum absolute atomic E-state index is 0.242. The van der Waals surface area contributed by atoms with Crippen LogP contribution in [0.2, 0.25) is 0 Å². The lowest BCUT2D eigenvalue weighted by Crippen LogP contribution is -2.25. The Labute approximate surface area is 101 Å². The molecule has 4 heteroatoms. The summed E-state index contributed by atoms with van der Waals surface area (Å²) < 4.78 is 0. The van der Waals surface area contributed by atoms with Crippen molar-refractivity contribution < 1.29 is 5.11 Å². The lowest BCUT2D eigenvalue weighted by atomic mass is 10.0. The first-order valence-corrected chi connectivity index (χ1v) is 6.18. The van der Waals surface area contributed by atoms with Crippen molar-refractivity contribution >= 4 is 17.4 Å². The Morgan fingerprint density at radius 2 is 2.50 bits per heavy atom. The van der Waals surface area contributed by atoms with E-state index < -0.39 is 0 Å². The van der Waals surface area contributed by atoms with E-state index in [0.29, 0.717) is 11.8 Å². The highest BCUT2D eigenvalue weighted by Gasteiger charge is 2.27. The highest BCUT2D eigenvalue weighted by molar-refractivity contribution is 6.17. The summed E-state index contributed by atoms with van der Waals surface area (Å²) in [7, 11) is 0. The molecule has 16 heavy (non-hydrogen) atoms. The van der Waals surface area contributed by atoms with Crippen LogP contribution in [-0.2, 0) is 5.88 Å². The molecule has 1 aromatic heterocycles. The minimum atomic E-state index is -0.242. The van der Waals surface area contributed by atoms with Gasteiger partial charge in [0.2, 0.25) is 0 Å². The number of aliphatic hydroxyl groups excluding tert-OH is 1. The number of hydrogen-bond donors (Lipinski definition) is 1. The minimum Gasteiger partial charge on any atom is -0.393 e. The van der Waals surface area contributed by atoms with E-state index >= 15 is 0 Å². The number of rotatable bonds is 3. The molecule has 1 aliphatic rings. The van der Waals surface area contributed by atoms with Gasteiger partial charge in [0.15, 0.2) is 0 Å². The summed E-state index contributed by atoms with van der Waals surface area (Å²) in [5, 5.41) is 9.57. The molecule has 3 nitrogen and oxygen atoms in total. The van der Waals surface area contributed by atoms with Crippen molar-refractivity contribution in [2.24, 2.45) is 5.92 Å². The number of aliphatic hydroxyl groups is 1. The van der Waals surface area contributed by atoms with Crippen molar-refractivity contribution in [1.82, 2.24) is 4.98 Å². The van der Waals surface area contributed by atoms with E-state index in [1.807, 2.05) is 19.1 Å². The van der Waals surface area contributed by atoms with Crippen LogP contribution in [0.15, 0.2) is 18.3 Å². The van der Waals surface area contributed by atoms with Gasteiger partial charge < -0.3 is 10.0 Å². The van der Waals surface area contributed by atoms with Gasteiger partial charge in [-0.3, -0.25) is 0 Å². The number of aromatic nitrogens is 1. The van der Waals surface area contributed by atoms with E-state index in [4.69, 9.17) is 11.6 Å². The van der Waals surface area contributed by atoms with Crippen molar-refractivity contribution in [1.29, 1.82) is 0 Å². The number of hydrogen-bond acceptors (Lipinski definition) is 3. The van der Waals surface area contributed by atoms with Gasteiger partial charge in [0.05, 0.1) is 12.0 Å². The number of nitrogens with zero attached hydrogens (tertiary/aromatic N) is 2. The van der Waals surface area contributed by atoms with Gasteiger partial charge in [0, 0.05) is 30.8 Å². The summed E-state index contributed by atoms with van der Waals surface area (Å²) in [6.45, 7) is 3.68. The van der Waals surface area contributed by atoms with Crippen molar-refractivity contribution in [2.75, 3.05) is 18.0 Å². The largest absolute Gasteiger partial charge is 0.393 e. The fourth-order valence-electron chi connectivity index (χ4n) is 2.19. The fraction of sp³-hybridized carbons (Fsp3) is 0.583.